The molecule has 6 aromatic rings. The van der Waals surface area contributed by atoms with Gasteiger partial charge < -0.3 is 15.4 Å². The molecular weight excluding hydrogens is 614 g/mol. The summed E-state index contributed by atoms with van der Waals surface area (Å²) in [6.45, 7) is 0. The molecule has 6 rings (SSSR count). The number of amides is 1. The molecule has 0 fully saturated rings. The zero-order valence-electron chi connectivity index (χ0n) is 23.5. The van der Waals surface area contributed by atoms with Crippen LogP contribution in [0.25, 0.3) is 28.0 Å². The molecule has 0 bridgehead atoms. The van der Waals surface area contributed by atoms with Crippen LogP contribution in [0.4, 0.5) is 43.7 Å². The maximum Gasteiger partial charge on any atom is 0.433 e. The molecule has 0 unspecified atom stereocenters. The van der Waals surface area contributed by atoms with Gasteiger partial charge in [-0.3, -0.25) is 4.79 Å². The topological polar surface area (TPSA) is 93.4 Å². The molecule has 0 saturated heterocycles. The Balaban J connectivity index is 1.45. The summed E-state index contributed by atoms with van der Waals surface area (Å²) in [5.41, 5.74) is -0.783. The predicted octanol–water partition coefficient (Wildman–Crippen LogP) is 7.90. The first-order valence-electron chi connectivity index (χ1n) is 13.4. The standard InChI is InChI=1S/C32H20F6N6O2/c1-46-25-12-11-19(16-22(25)35)41-31-39-14-13-23(42-31)28-24-9-4-10-26(32(36,37)38)44(24)43-29(28)17-5-2-6-18(15-17)40-30(45)27-20(33)7-3-8-21(27)34/h2-16H,1H3,(H,40,45)(H,39,41,42). The number of pyridine rings is 1. The van der Waals surface area contributed by atoms with Crippen LogP contribution in [0.15, 0.2) is 91.1 Å². The number of hydrogen-bond acceptors (Lipinski definition) is 6. The van der Waals surface area contributed by atoms with Gasteiger partial charge in [0.15, 0.2) is 11.6 Å². The van der Waals surface area contributed by atoms with Gasteiger partial charge in [-0.25, -0.2) is 27.7 Å². The highest BCUT2D eigenvalue weighted by molar-refractivity contribution is 6.05. The molecule has 0 aliphatic rings. The Hall–Kier alpha value is -5.92. The third-order valence-electron chi connectivity index (χ3n) is 6.85. The monoisotopic (exact) mass is 634 g/mol. The lowest BCUT2D eigenvalue weighted by atomic mass is 10.0. The van der Waals surface area contributed by atoms with Crippen LogP contribution >= 0.6 is 0 Å². The number of nitrogens with one attached hydrogen (secondary N) is 2. The summed E-state index contributed by atoms with van der Waals surface area (Å²) in [4.78, 5) is 21.4. The van der Waals surface area contributed by atoms with Crippen molar-refractivity contribution < 1.29 is 35.9 Å². The average molecular weight is 635 g/mol. The number of alkyl halides is 3. The van der Waals surface area contributed by atoms with Gasteiger partial charge in [0.05, 0.1) is 23.9 Å². The molecule has 0 saturated carbocycles. The molecule has 3 aromatic heterocycles. The fourth-order valence-corrected chi connectivity index (χ4v) is 4.82. The number of halogens is 6. The Bertz CT molecular complexity index is 2090. The van der Waals surface area contributed by atoms with Crippen LogP contribution < -0.4 is 15.4 Å². The van der Waals surface area contributed by atoms with Crippen molar-refractivity contribution >= 4 is 28.7 Å². The first-order chi connectivity index (χ1) is 22.0. The third-order valence-corrected chi connectivity index (χ3v) is 6.85. The second-order valence-corrected chi connectivity index (χ2v) is 9.80. The fourth-order valence-electron chi connectivity index (χ4n) is 4.82. The molecular formula is C32H20F6N6O2. The van der Waals surface area contributed by atoms with E-state index in [0.717, 1.165) is 34.8 Å². The van der Waals surface area contributed by atoms with Crippen LogP contribution in [-0.2, 0) is 6.18 Å². The van der Waals surface area contributed by atoms with Crippen LogP contribution in [0.2, 0.25) is 0 Å². The minimum absolute atomic E-state index is 0.00673. The lowest BCUT2D eigenvalue weighted by molar-refractivity contribution is -0.142. The second-order valence-electron chi connectivity index (χ2n) is 9.80. The Morgan fingerprint density at radius 2 is 1.59 bits per heavy atom. The number of carbonyl (C=O) groups is 1. The number of aromatic nitrogens is 4. The number of fused-ring (bicyclic) bond motifs is 1. The smallest absolute Gasteiger partial charge is 0.433 e. The van der Waals surface area contributed by atoms with Gasteiger partial charge in [-0.1, -0.05) is 24.3 Å². The van der Waals surface area contributed by atoms with Crippen LogP contribution in [0.3, 0.4) is 0 Å². The summed E-state index contributed by atoms with van der Waals surface area (Å²) < 4.78 is 90.5. The Labute approximate surface area is 256 Å². The summed E-state index contributed by atoms with van der Waals surface area (Å²) in [6, 6.07) is 18.0. The van der Waals surface area contributed by atoms with E-state index in [4.69, 9.17) is 4.74 Å². The number of methoxy groups -OCH3 is 1. The Morgan fingerprint density at radius 1 is 0.848 bits per heavy atom. The predicted molar refractivity (Wildman–Crippen MR) is 157 cm³/mol. The lowest BCUT2D eigenvalue weighted by Crippen LogP contribution is -2.15. The highest BCUT2D eigenvalue weighted by Crippen LogP contribution is 2.39. The Kier molecular flexibility index (Phi) is 7.78. The first-order valence-corrected chi connectivity index (χ1v) is 13.4. The van der Waals surface area contributed by atoms with Gasteiger partial charge in [0.25, 0.3) is 5.91 Å². The number of rotatable bonds is 7. The third kappa shape index (κ3) is 5.79. The number of benzene rings is 3. The minimum atomic E-state index is -4.77. The number of carbonyl (C=O) groups excluding carboxylic acids is 1. The van der Waals surface area contributed by atoms with Crippen molar-refractivity contribution in [2.24, 2.45) is 0 Å². The number of ether oxygens (including phenoxy) is 1. The zero-order chi connectivity index (χ0) is 32.6. The van der Waals surface area contributed by atoms with Crippen molar-refractivity contribution in [3.05, 3.63) is 120 Å². The van der Waals surface area contributed by atoms with Gasteiger partial charge in [0, 0.05) is 29.2 Å². The van der Waals surface area contributed by atoms with E-state index in [9.17, 15) is 31.1 Å². The van der Waals surface area contributed by atoms with E-state index in [1.54, 1.807) is 6.07 Å². The van der Waals surface area contributed by atoms with Crippen molar-refractivity contribution in [1.82, 2.24) is 19.6 Å². The van der Waals surface area contributed by atoms with Crippen molar-refractivity contribution in [2.75, 3.05) is 17.7 Å². The maximum absolute atomic E-state index is 14.3. The van der Waals surface area contributed by atoms with E-state index in [2.05, 4.69) is 25.7 Å². The summed E-state index contributed by atoms with van der Waals surface area (Å²) >= 11 is 0. The Morgan fingerprint density at radius 3 is 2.30 bits per heavy atom. The van der Waals surface area contributed by atoms with E-state index < -0.39 is 40.8 Å². The largest absolute Gasteiger partial charge is 0.494 e. The lowest BCUT2D eigenvalue weighted by Gasteiger charge is -2.10. The van der Waals surface area contributed by atoms with Gasteiger partial charge in [-0.05, 0) is 54.6 Å². The van der Waals surface area contributed by atoms with Crippen LogP contribution in [0.1, 0.15) is 16.1 Å². The molecule has 1 amide bonds. The van der Waals surface area contributed by atoms with Crippen LogP contribution in [-0.4, -0.2) is 32.6 Å². The fraction of sp³-hybridized carbons (Fsp3) is 0.0625. The SMILES string of the molecule is COc1ccc(Nc2nccc(-c3c(-c4cccc(NC(=O)c5c(F)cccc5F)c4)nn4c(C(F)(F)F)cccc34)n2)cc1F. The number of nitrogens with zero attached hydrogens (tertiary/aromatic N) is 4. The van der Waals surface area contributed by atoms with Gasteiger partial charge in [0.2, 0.25) is 5.95 Å². The molecule has 3 aromatic carbocycles. The summed E-state index contributed by atoms with van der Waals surface area (Å²) in [6.07, 6.45) is -3.40. The zero-order valence-corrected chi connectivity index (χ0v) is 23.5. The number of anilines is 3. The van der Waals surface area contributed by atoms with Gasteiger partial charge in [0.1, 0.15) is 28.6 Å². The van der Waals surface area contributed by atoms with Gasteiger partial charge in [-0.15, -0.1) is 0 Å². The van der Waals surface area contributed by atoms with Crippen molar-refractivity contribution in [3.63, 3.8) is 0 Å². The van der Waals surface area contributed by atoms with Crippen LogP contribution in [0, 0.1) is 17.5 Å². The molecule has 0 radical (unpaired) electrons. The number of hydrogen-bond donors (Lipinski definition) is 2. The van der Waals surface area contributed by atoms with E-state index >= 15 is 0 Å². The quantitative estimate of drug-likeness (QED) is 0.174. The molecule has 0 aliphatic heterocycles. The molecule has 46 heavy (non-hydrogen) atoms. The van der Waals surface area contributed by atoms with E-state index in [-0.39, 0.29) is 51.1 Å². The van der Waals surface area contributed by atoms with E-state index in [1.807, 2.05) is 0 Å². The average Bonchev–Trinajstić information content (AvgIpc) is 3.41. The molecule has 3 heterocycles. The molecule has 2 N–H and O–H groups in total. The van der Waals surface area contributed by atoms with E-state index in [0.29, 0.717) is 0 Å². The molecule has 14 heteroatoms. The van der Waals surface area contributed by atoms with E-state index in [1.165, 1.54) is 61.8 Å². The normalized spacial score (nSPS) is 11.5. The summed E-state index contributed by atoms with van der Waals surface area (Å²) in [7, 11) is 1.32. The van der Waals surface area contributed by atoms with Gasteiger partial charge in [-0.2, -0.15) is 18.3 Å². The summed E-state index contributed by atoms with van der Waals surface area (Å²) in [5.74, 6) is -3.81. The summed E-state index contributed by atoms with van der Waals surface area (Å²) in [5, 5.41) is 9.58. The van der Waals surface area contributed by atoms with Crippen molar-refractivity contribution in [3.8, 4) is 28.3 Å². The van der Waals surface area contributed by atoms with Crippen molar-refractivity contribution in [1.29, 1.82) is 0 Å². The van der Waals surface area contributed by atoms with Crippen molar-refractivity contribution in [2.45, 2.75) is 6.18 Å². The molecule has 0 aliphatic carbocycles. The minimum Gasteiger partial charge on any atom is -0.494 e. The molecule has 0 atom stereocenters. The second kappa shape index (κ2) is 11.9. The highest BCUT2D eigenvalue weighted by atomic mass is 19.4. The molecule has 8 nitrogen and oxygen atoms in total. The molecule has 232 valence electrons. The molecule has 0 spiro atoms. The van der Waals surface area contributed by atoms with Gasteiger partial charge >= 0.3 is 6.18 Å². The highest BCUT2D eigenvalue weighted by Gasteiger charge is 2.35. The van der Waals surface area contributed by atoms with Crippen LogP contribution in [0.5, 0.6) is 5.75 Å². The maximum atomic E-state index is 14.3. The first kappa shape index (κ1) is 30.1.